The Labute approximate surface area is 126 Å². The highest BCUT2D eigenvalue weighted by atomic mass is 19.4. The second-order valence-electron chi connectivity index (χ2n) is 4.68. The molecule has 0 spiro atoms. The molecule has 0 unspecified atom stereocenters. The van der Waals surface area contributed by atoms with Gasteiger partial charge < -0.3 is 15.2 Å². The molecule has 2 rings (SSSR count). The third kappa shape index (κ3) is 3.33. The summed E-state index contributed by atoms with van der Waals surface area (Å²) in [5.74, 6) is 0.990. The van der Waals surface area contributed by atoms with Gasteiger partial charge in [0.25, 0.3) is 0 Å². The van der Waals surface area contributed by atoms with E-state index in [4.69, 9.17) is 15.2 Å². The van der Waals surface area contributed by atoms with Crippen LogP contribution in [0.25, 0.3) is 11.1 Å². The van der Waals surface area contributed by atoms with Crippen LogP contribution >= 0.6 is 0 Å². The number of hydrogen-bond acceptors (Lipinski definition) is 3. The van der Waals surface area contributed by atoms with Gasteiger partial charge in [-0.05, 0) is 41.0 Å². The molecule has 0 saturated carbocycles. The Kier molecular flexibility index (Phi) is 4.61. The van der Waals surface area contributed by atoms with Gasteiger partial charge in [-0.2, -0.15) is 13.2 Å². The summed E-state index contributed by atoms with van der Waals surface area (Å²) in [6.45, 7) is 0.132. The number of hydrogen-bond donors (Lipinski definition) is 1. The predicted octanol–water partition coefficient (Wildman–Crippen LogP) is 3.85. The van der Waals surface area contributed by atoms with Crippen LogP contribution in [0.15, 0.2) is 36.4 Å². The number of halogens is 3. The van der Waals surface area contributed by atoms with Gasteiger partial charge in [-0.25, -0.2) is 0 Å². The van der Waals surface area contributed by atoms with Crippen molar-refractivity contribution < 1.29 is 22.6 Å². The molecule has 0 aliphatic rings. The van der Waals surface area contributed by atoms with E-state index in [9.17, 15) is 13.2 Å². The molecule has 0 atom stereocenters. The van der Waals surface area contributed by atoms with Crippen molar-refractivity contribution in [1.29, 1.82) is 0 Å². The lowest BCUT2D eigenvalue weighted by Gasteiger charge is -2.14. The van der Waals surface area contributed by atoms with Crippen LogP contribution in [0.1, 0.15) is 11.1 Å². The number of alkyl halides is 3. The molecule has 2 N–H and O–H groups in total. The number of rotatable bonds is 4. The Morgan fingerprint density at radius 3 is 2.00 bits per heavy atom. The fourth-order valence-electron chi connectivity index (χ4n) is 2.16. The molecule has 2 aromatic rings. The van der Waals surface area contributed by atoms with Crippen LogP contribution < -0.4 is 15.2 Å². The third-order valence-corrected chi connectivity index (χ3v) is 3.32. The van der Waals surface area contributed by atoms with E-state index in [1.54, 1.807) is 18.2 Å². The van der Waals surface area contributed by atoms with Crippen LogP contribution in [0, 0.1) is 0 Å². The zero-order chi connectivity index (χ0) is 16.3. The van der Waals surface area contributed by atoms with Gasteiger partial charge in [-0.3, -0.25) is 0 Å². The highest BCUT2D eigenvalue weighted by molar-refractivity contribution is 5.71. The summed E-state index contributed by atoms with van der Waals surface area (Å²) in [5, 5.41) is 0. The van der Waals surface area contributed by atoms with Crippen LogP contribution in [0.3, 0.4) is 0 Å². The maximum absolute atomic E-state index is 12.9. The fraction of sp³-hybridized carbons (Fsp3) is 0.250. The van der Waals surface area contributed by atoms with Crippen LogP contribution in [0.4, 0.5) is 13.2 Å². The monoisotopic (exact) mass is 311 g/mol. The molecule has 0 bridgehead atoms. The van der Waals surface area contributed by atoms with Crippen molar-refractivity contribution in [3.05, 3.63) is 47.5 Å². The van der Waals surface area contributed by atoms with E-state index in [0.29, 0.717) is 28.2 Å². The lowest BCUT2D eigenvalue weighted by atomic mass is 9.96. The summed E-state index contributed by atoms with van der Waals surface area (Å²) in [6.07, 6.45) is -4.41. The van der Waals surface area contributed by atoms with Crippen LogP contribution in [-0.2, 0) is 12.7 Å². The Bertz CT molecular complexity index is 647. The first-order chi connectivity index (χ1) is 10.4. The zero-order valence-corrected chi connectivity index (χ0v) is 12.2. The molecule has 0 aliphatic heterocycles. The molecule has 22 heavy (non-hydrogen) atoms. The van der Waals surface area contributed by atoms with E-state index in [0.717, 1.165) is 12.1 Å². The molecular formula is C16H16F3NO2. The Morgan fingerprint density at radius 2 is 1.55 bits per heavy atom. The van der Waals surface area contributed by atoms with Crippen molar-refractivity contribution in [3.63, 3.8) is 0 Å². The molecular weight excluding hydrogens is 295 g/mol. The SMILES string of the molecule is COc1cc(OC)cc(-c2cc(C(F)(F)F)ccc2CN)c1. The largest absolute Gasteiger partial charge is 0.497 e. The normalized spacial score (nSPS) is 11.4. The lowest BCUT2D eigenvalue weighted by Crippen LogP contribution is -2.07. The standard InChI is InChI=1S/C16H16F3NO2/c1-21-13-5-11(6-14(8-13)22-2)15-7-12(16(17,18)19)4-3-10(15)9-20/h3-8H,9,20H2,1-2H3. The number of nitrogens with two attached hydrogens (primary N) is 1. The summed E-state index contributed by atoms with van der Waals surface area (Å²) in [7, 11) is 2.96. The fourth-order valence-corrected chi connectivity index (χ4v) is 2.16. The molecule has 0 fully saturated rings. The second kappa shape index (κ2) is 6.27. The summed E-state index contributed by atoms with van der Waals surface area (Å²) in [4.78, 5) is 0. The van der Waals surface area contributed by atoms with Gasteiger partial charge in [0.2, 0.25) is 0 Å². The number of benzene rings is 2. The van der Waals surface area contributed by atoms with Crippen molar-refractivity contribution in [2.45, 2.75) is 12.7 Å². The van der Waals surface area contributed by atoms with Crippen molar-refractivity contribution in [3.8, 4) is 22.6 Å². The Balaban J connectivity index is 2.64. The summed E-state index contributed by atoms with van der Waals surface area (Å²) < 4.78 is 49.1. The van der Waals surface area contributed by atoms with Crippen molar-refractivity contribution in [2.75, 3.05) is 14.2 Å². The van der Waals surface area contributed by atoms with Crippen LogP contribution in [0.2, 0.25) is 0 Å². The minimum absolute atomic E-state index is 0.132. The molecule has 0 saturated heterocycles. The molecule has 0 heterocycles. The highest BCUT2D eigenvalue weighted by Gasteiger charge is 2.31. The first-order valence-electron chi connectivity index (χ1n) is 6.52. The molecule has 2 aromatic carbocycles. The predicted molar refractivity (Wildman–Crippen MR) is 77.9 cm³/mol. The lowest BCUT2D eigenvalue weighted by molar-refractivity contribution is -0.137. The second-order valence-corrected chi connectivity index (χ2v) is 4.68. The number of ether oxygens (including phenoxy) is 2. The van der Waals surface area contributed by atoms with Gasteiger partial charge in [0, 0.05) is 12.6 Å². The first kappa shape index (κ1) is 16.2. The number of methoxy groups -OCH3 is 2. The van der Waals surface area contributed by atoms with Gasteiger partial charge in [0.1, 0.15) is 11.5 Å². The minimum atomic E-state index is -4.41. The van der Waals surface area contributed by atoms with E-state index in [1.165, 1.54) is 20.3 Å². The summed E-state index contributed by atoms with van der Waals surface area (Å²) in [6, 6.07) is 8.47. The van der Waals surface area contributed by atoms with Gasteiger partial charge in [0.15, 0.2) is 0 Å². The minimum Gasteiger partial charge on any atom is -0.497 e. The molecule has 6 heteroatoms. The summed E-state index contributed by atoms with van der Waals surface area (Å²) >= 11 is 0. The maximum Gasteiger partial charge on any atom is 0.416 e. The van der Waals surface area contributed by atoms with E-state index in [2.05, 4.69) is 0 Å². The maximum atomic E-state index is 12.9. The van der Waals surface area contributed by atoms with Crippen molar-refractivity contribution in [2.24, 2.45) is 5.73 Å². The topological polar surface area (TPSA) is 44.5 Å². The van der Waals surface area contributed by atoms with E-state index >= 15 is 0 Å². The van der Waals surface area contributed by atoms with E-state index in [-0.39, 0.29) is 6.54 Å². The molecule has 0 aromatic heterocycles. The average Bonchev–Trinajstić information content (AvgIpc) is 2.52. The molecule has 118 valence electrons. The van der Waals surface area contributed by atoms with Gasteiger partial charge in [-0.15, -0.1) is 0 Å². The van der Waals surface area contributed by atoms with Crippen molar-refractivity contribution in [1.82, 2.24) is 0 Å². The Hall–Kier alpha value is -2.21. The van der Waals surface area contributed by atoms with Gasteiger partial charge >= 0.3 is 6.18 Å². The summed E-state index contributed by atoms with van der Waals surface area (Å²) in [5.41, 5.74) is 6.51. The Morgan fingerprint density at radius 1 is 0.955 bits per heavy atom. The zero-order valence-electron chi connectivity index (χ0n) is 12.2. The average molecular weight is 311 g/mol. The quantitative estimate of drug-likeness (QED) is 0.933. The molecule has 0 aliphatic carbocycles. The molecule has 3 nitrogen and oxygen atoms in total. The highest BCUT2D eigenvalue weighted by Crippen LogP contribution is 2.36. The van der Waals surface area contributed by atoms with Gasteiger partial charge in [0.05, 0.1) is 19.8 Å². The third-order valence-electron chi connectivity index (χ3n) is 3.32. The smallest absolute Gasteiger partial charge is 0.416 e. The van der Waals surface area contributed by atoms with Gasteiger partial charge in [-0.1, -0.05) is 6.07 Å². The van der Waals surface area contributed by atoms with Crippen LogP contribution in [0.5, 0.6) is 11.5 Å². The molecule has 0 amide bonds. The van der Waals surface area contributed by atoms with Crippen LogP contribution in [-0.4, -0.2) is 14.2 Å². The molecule has 0 radical (unpaired) electrons. The van der Waals surface area contributed by atoms with E-state index < -0.39 is 11.7 Å². The van der Waals surface area contributed by atoms with Crippen molar-refractivity contribution >= 4 is 0 Å². The first-order valence-corrected chi connectivity index (χ1v) is 6.52. The van der Waals surface area contributed by atoms with E-state index in [1.807, 2.05) is 0 Å².